The molecule has 0 fully saturated rings. The summed E-state index contributed by atoms with van der Waals surface area (Å²) in [6.07, 6.45) is 4.74. The van der Waals surface area contributed by atoms with E-state index in [4.69, 9.17) is 4.74 Å². The van der Waals surface area contributed by atoms with E-state index in [2.05, 4.69) is 6.92 Å². The molecule has 0 saturated heterocycles. The van der Waals surface area contributed by atoms with E-state index < -0.39 is 0 Å². The largest absolute Gasteiger partial charge is 0.465 e. The van der Waals surface area contributed by atoms with Crippen LogP contribution in [0.2, 0.25) is 0 Å². The van der Waals surface area contributed by atoms with Gasteiger partial charge in [0.05, 0.1) is 12.5 Å². The first-order valence-corrected chi connectivity index (χ1v) is 6.33. The van der Waals surface area contributed by atoms with Gasteiger partial charge >= 0.3 is 5.97 Å². The molecule has 0 aliphatic carbocycles. The van der Waals surface area contributed by atoms with Crippen LogP contribution in [0, 0.1) is 5.92 Å². The summed E-state index contributed by atoms with van der Waals surface area (Å²) in [6.45, 7) is 6.17. The summed E-state index contributed by atoms with van der Waals surface area (Å²) < 4.78 is 5.10. The van der Waals surface area contributed by atoms with Crippen molar-refractivity contribution >= 4 is 11.8 Å². The molecule has 0 aromatic carbocycles. The van der Waals surface area contributed by atoms with Gasteiger partial charge in [0.2, 0.25) is 0 Å². The van der Waals surface area contributed by atoms with Crippen LogP contribution < -0.4 is 0 Å². The number of hydrogen-bond acceptors (Lipinski definition) is 3. The minimum Gasteiger partial charge on any atom is -0.465 e. The molecule has 1 atom stereocenters. The number of hydrogen-bond donors (Lipinski definition) is 0. The predicted molar refractivity (Wildman–Crippen MR) is 64.2 cm³/mol. The van der Waals surface area contributed by atoms with Crippen molar-refractivity contribution in [1.29, 1.82) is 0 Å². The summed E-state index contributed by atoms with van der Waals surface area (Å²) in [7, 11) is 0. The fraction of sp³-hybridized carbons (Fsp3) is 0.846. The lowest BCUT2D eigenvalue weighted by Crippen LogP contribution is -2.18. The number of esters is 1. The maximum Gasteiger partial charge on any atom is 0.308 e. The van der Waals surface area contributed by atoms with E-state index >= 15 is 0 Å². The lowest BCUT2D eigenvalue weighted by atomic mass is 10.00. The molecule has 3 heteroatoms. The molecule has 94 valence electrons. The van der Waals surface area contributed by atoms with E-state index in [9.17, 15) is 9.59 Å². The zero-order valence-electron chi connectivity index (χ0n) is 10.8. The van der Waals surface area contributed by atoms with Crippen LogP contribution in [0.3, 0.4) is 0 Å². The first kappa shape index (κ1) is 15.1. The fourth-order valence-electron chi connectivity index (χ4n) is 1.50. The van der Waals surface area contributed by atoms with Gasteiger partial charge in [0.15, 0.2) is 0 Å². The van der Waals surface area contributed by atoms with Crippen LogP contribution >= 0.6 is 0 Å². The highest BCUT2D eigenvalue weighted by Gasteiger charge is 2.17. The third-order valence-electron chi connectivity index (χ3n) is 2.75. The zero-order chi connectivity index (χ0) is 12.4. The first-order chi connectivity index (χ1) is 7.65. The van der Waals surface area contributed by atoms with Crippen LogP contribution in [-0.4, -0.2) is 18.4 Å². The lowest BCUT2D eigenvalue weighted by Gasteiger charge is -2.13. The SMILES string of the molecule is CCCCC(CC)C(=O)OCCC(=O)CC. The van der Waals surface area contributed by atoms with Gasteiger partial charge in [0.25, 0.3) is 0 Å². The molecule has 0 N–H and O–H groups in total. The molecule has 0 bridgehead atoms. The highest BCUT2D eigenvalue weighted by atomic mass is 16.5. The van der Waals surface area contributed by atoms with Gasteiger partial charge in [-0.3, -0.25) is 9.59 Å². The minimum atomic E-state index is -0.139. The Morgan fingerprint density at radius 2 is 1.88 bits per heavy atom. The van der Waals surface area contributed by atoms with Gasteiger partial charge in [-0.05, 0) is 12.8 Å². The van der Waals surface area contributed by atoms with Gasteiger partial charge in [0, 0.05) is 12.8 Å². The number of unbranched alkanes of at least 4 members (excludes halogenated alkanes) is 1. The Balaban J connectivity index is 3.79. The summed E-state index contributed by atoms with van der Waals surface area (Å²) in [6, 6.07) is 0. The predicted octanol–water partition coefficient (Wildman–Crippen LogP) is 3.12. The normalized spacial score (nSPS) is 12.2. The number of carbonyl (C=O) groups excluding carboxylic acids is 2. The van der Waals surface area contributed by atoms with Crippen LogP contribution in [0.15, 0.2) is 0 Å². The summed E-state index contributed by atoms with van der Waals surface area (Å²) in [5.41, 5.74) is 0. The average molecular weight is 228 g/mol. The Hall–Kier alpha value is -0.860. The van der Waals surface area contributed by atoms with Crippen molar-refractivity contribution < 1.29 is 14.3 Å². The molecule has 0 amide bonds. The highest BCUT2D eigenvalue weighted by Crippen LogP contribution is 2.14. The molecule has 0 aromatic rings. The second-order valence-corrected chi connectivity index (χ2v) is 4.06. The monoisotopic (exact) mass is 228 g/mol. The standard InChI is InChI=1S/C13H24O3/c1-4-7-8-11(5-2)13(15)16-10-9-12(14)6-3/h11H,4-10H2,1-3H3. The smallest absolute Gasteiger partial charge is 0.308 e. The topological polar surface area (TPSA) is 43.4 Å². The third kappa shape index (κ3) is 6.59. The number of ether oxygens (including phenoxy) is 1. The Kier molecular flexibility index (Phi) is 8.87. The molecule has 1 unspecified atom stereocenters. The van der Waals surface area contributed by atoms with Crippen molar-refractivity contribution in [3.05, 3.63) is 0 Å². The van der Waals surface area contributed by atoms with E-state index in [1.807, 2.05) is 13.8 Å². The highest BCUT2D eigenvalue weighted by molar-refractivity contribution is 5.78. The van der Waals surface area contributed by atoms with E-state index in [0.717, 1.165) is 25.7 Å². The molecule has 0 spiro atoms. The van der Waals surface area contributed by atoms with Crippen LogP contribution in [0.1, 0.15) is 59.3 Å². The summed E-state index contributed by atoms with van der Waals surface area (Å²) in [5.74, 6) is 0.0194. The van der Waals surface area contributed by atoms with Gasteiger partial charge < -0.3 is 4.74 Å². The second kappa shape index (κ2) is 9.37. The van der Waals surface area contributed by atoms with E-state index in [1.165, 1.54) is 0 Å². The van der Waals surface area contributed by atoms with Crippen LogP contribution in [0.5, 0.6) is 0 Å². The Bertz CT molecular complexity index is 211. The van der Waals surface area contributed by atoms with E-state index in [0.29, 0.717) is 12.8 Å². The Morgan fingerprint density at radius 3 is 2.38 bits per heavy atom. The van der Waals surface area contributed by atoms with Crippen LogP contribution in [0.25, 0.3) is 0 Å². The third-order valence-corrected chi connectivity index (χ3v) is 2.75. The van der Waals surface area contributed by atoms with Crippen LogP contribution in [-0.2, 0) is 14.3 Å². The minimum absolute atomic E-state index is 0.0108. The molecule has 0 rings (SSSR count). The van der Waals surface area contributed by atoms with Crippen molar-refractivity contribution in [3.63, 3.8) is 0 Å². The van der Waals surface area contributed by atoms with Gasteiger partial charge in [-0.1, -0.05) is 33.6 Å². The fourth-order valence-corrected chi connectivity index (χ4v) is 1.50. The maximum atomic E-state index is 11.6. The van der Waals surface area contributed by atoms with Gasteiger partial charge in [-0.15, -0.1) is 0 Å². The van der Waals surface area contributed by atoms with Crippen molar-refractivity contribution in [3.8, 4) is 0 Å². The molecule has 0 heterocycles. The van der Waals surface area contributed by atoms with Crippen molar-refractivity contribution in [2.75, 3.05) is 6.61 Å². The molecule has 0 radical (unpaired) electrons. The van der Waals surface area contributed by atoms with Crippen LogP contribution in [0.4, 0.5) is 0 Å². The lowest BCUT2D eigenvalue weighted by molar-refractivity contribution is -0.149. The maximum absolute atomic E-state index is 11.6. The van der Waals surface area contributed by atoms with Crippen molar-refractivity contribution in [2.24, 2.45) is 5.92 Å². The van der Waals surface area contributed by atoms with Gasteiger partial charge in [-0.25, -0.2) is 0 Å². The molecule has 0 aliphatic heterocycles. The summed E-state index contributed by atoms with van der Waals surface area (Å²) in [5, 5.41) is 0. The second-order valence-electron chi connectivity index (χ2n) is 4.06. The van der Waals surface area contributed by atoms with Gasteiger partial charge in [-0.2, -0.15) is 0 Å². The first-order valence-electron chi connectivity index (χ1n) is 6.33. The number of rotatable bonds is 9. The van der Waals surface area contributed by atoms with Gasteiger partial charge in [0.1, 0.15) is 5.78 Å². The number of ketones is 1. The number of Topliss-reactive ketones (excluding diaryl/α,β-unsaturated/α-hetero) is 1. The molecule has 16 heavy (non-hydrogen) atoms. The average Bonchev–Trinajstić information content (AvgIpc) is 2.29. The zero-order valence-corrected chi connectivity index (χ0v) is 10.8. The molecular formula is C13H24O3. The Morgan fingerprint density at radius 1 is 1.19 bits per heavy atom. The Labute approximate surface area is 98.6 Å². The van der Waals surface area contributed by atoms with Crippen molar-refractivity contribution in [1.82, 2.24) is 0 Å². The molecule has 0 saturated carbocycles. The molecule has 0 aliphatic rings. The van der Waals surface area contributed by atoms with Crippen molar-refractivity contribution in [2.45, 2.75) is 59.3 Å². The molecular weight excluding hydrogens is 204 g/mol. The molecule has 0 aromatic heterocycles. The van der Waals surface area contributed by atoms with E-state index in [1.54, 1.807) is 0 Å². The quantitative estimate of drug-likeness (QED) is 0.569. The molecule has 3 nitrogen and oxygen atoms in total. The summed E-state index contributed by atoms with van der Waals surface area (Å²) in [4.78, 5) is 22.6. The number of carbonyl (C=O) groups is 2. The summed E-state index contributed by atoms with van der Waals surface area (Å²) >= 11 is 0. The van der Waals surface area contributed by atoms with E-state index in [-0.39, 0.29) is 24.3 Å².